The zero-order valence-corrected chi connectivity index (χ0v) is 25.3. The van der Waals surface area contributed by atoms with Gasteiger partial charge in [-0.25, -0.2) is 0 Å². The van der Waals surface area contributed by atoms with E-state index in [1.54, 1.807) is 6.92 Å². The lowest BCUT2D eigenvalue weighted by Gasteiger charge is -2.44. The maximum atomic E-state index is 13.7. The number of hydrogen-bond donors (Lipinski definition) is 1. The number of benzene rings is 2. The van der Waals surface area contributed by atoms with Gasteiger partial charge in [-0.2, -0.15) is 31.1 Å². The number of hydrogen-bond acceptors (Lipinski definition) is 7. The molecule has 10 nitrogen and oxygen atoms in total. The summed E-state index contributed by atoms with van der Waals surface area (Å²) in [4.78, 5) is 28.0. The highest BCUT2D eigenvalue weighted by Gasteiger charge is 2.41. The third-order valence-corrected chi connectivity index (χ3v) is 7.61. The molecule has 0 radical (unpaired) electrons. The Hall–Kier alpha value is -4.58. The van der Waals surface area contributed by atoms with Crippen molar-refractivity contribution < 1.29 is 58.9 Å². The molecule has 2 aromatic carbocycles. The molecule has 0 aliphatic carbocycles. The highest BCUT2D eigenvalue weighted by Crippen LogP contribution is 2.46. The SMILES string of the molecule is CCC1CC(N(Cc2cc(C(F)(F)F)cc(C(F)(F)F)c2)c2nnn(C)n2)c2cc(OC(F)(F)F)ccc2N1C(=O)CCCCC(=O)O. The second kappa shape index (κ2) is 13.9. The van der Waals surface area contributed by atoms with Crippen molar-refractivity contribution in [3.8, 4) is 5.75 Å². The largest absolute Gasteiger partial charge is 0.573 e. The number of alkyl halides is 9. The van der Waals surface area contributed by atoms with Crippen molar-refractivity contribution in [1.29, 1.82) is 0 Å². The average molecular weight is 697 g/mol. The van der Waals surface area contributed by atoms with Crippen molar-refractivity contribution in [2.75, 3.05) is 9.80 Å². The van der Waals surface area contributed by atoms with Crippen LogP contribution in [0.2, 0.25) is 0 Å². The van der Waals surface area contributed by atoms with E-state index in [-0.39, 0.29) is 61.8 Å². The van der Waals surface area contributed by atoms with Crippen molar-refractivity contribution in [1.82, 2.24) is 20.2 Å². The number of carbonyl (C=O) groups excluding carboxylic acids is 1. The second-order valence-electron chi connectivity index (χ2n) is 11.1. The molecule has 2 heterocycles. The minimum Gasteiger partial charge on any atom is -0.481 e. The van der Waals surface area contributed by atoms with Crippen LogP contribution in [-0.2, 0) is 35.5 Å². The van der Waals surface area contributed by atoms with E-state index in [0.717, 1.165) is 16.9 Å². The van der Waals surface area contributed by atoms with Crippen molar-refractivity contribution in [3.05, 3.63) is 58.7 Å². The normalized spacial score (nSPS) is 16.9. The predicted octanol–water partition coefficient (Wildman–Crippen LogP) is 7.05. The summed E-state index contributed by atoms with van der Waals surface area (Å²) in [5, 5.41) is 20.6. The van der Waals surface area contributed by atoms with Gasteiger partial charge in [0.2, 0.25) is 5.91 Å². The number of fused-ring (bicyclic) bond motifs is 1. The Morgan fingerprint density at radius 3 is 2.10 bits per heavy atom. The van der Waals surface area contributed by atoms with Gasteiger partial charge >= 0.3 is 24.7 Å². The quantitative estimate of drug-likeness (QED) is 0.168. The smallest absolute Gasteiger partial charge is 0.481 e. The van der Waals surface area contributed by atoms with Crippen LogP contribution in [0.25, 0.3) is 0 Å². The third-order valence-electron chi connectivity index (χ3n) is 7.61. The van der Waals surface area contributed by atoms with Gasteiger partial charge in [0.1, 0.15) is 5.75 Å². The second-order valence-corrected chi connectivity index (χ2v) is 11.1. The molecular weight excluding hydrogens is 667 g/mol. The molecule has 0 bridgehead atoms. The van der Waals surface area contributed by atoms with Crippen LogP contribution in [0.15, 0.2) is 36.4 Å². The minimum atomic E-state index is -5.15. The molecule has 1 aromatic heterocycles. The van der Waals surface area contributed by atoms with E-state index in [9.17, 15) is 49.1 Å². The number of carboxylic acid groups (broad SMARTS) is 1. The number of amides is 1. The minimum absolute atomic E-state index is 0.0239. The number of tetrazole rings is 1. The number of aryl methyl sites for hydroxylation is 1. The van der Waals surface area contributed by atoms with E-state index in [0.29, 0.717) is 12.1 Å². The standard InChI is InChI=1S/C29H29F9N6O4/c1-3-19-13-23(21-14-20(48-29(36,37)38)8-9-22(21)44(19)24(45)6-4-5-7-25(46)47)43(26-39-41-42(2)40-26)15-16-10-17(27(30,31)32)12-18(11-16)28(33,34)35/h8-12,14,19,23H,3-7,13,15H2,1-2H3,(H,46,47). The fourth-order valence-electron chi connectivity index (χ4n) is 5.57. The molecule has 1 aliphatic heterocycles. The fraction of sp³-hybridized carbons (Fsp3) is 0.483. The van der Waals surface area contributed by atoms with Gasteiger partial charge in [-0.1, -0.05) is 12.0 Å². The van der Waals surface area contributed by atoms with Crippen molar-refractivity contribution >= 4 is 23.5 Å². The lowest BCUT2D eigenvalue weighted by atomic mass is 9.87. The zero-order chi connectivity index (χ0) is 35.6. The number of ether oxygens (including phenoxy) is 1. The van der Waals surface area contributed by atoms with Crippen LogP contribution in [0.5, 0.6) is 5.75 Å². The number of rotatable bonds is 11. The van der Waals surface area contributed by atoms with Gasteiger partial charge in [0.05, 0.1) is 24.2 Å². The molecule has 19 heteroatoms. The van der Waals surface area contributed by atoms with Crippen LogP contribution in [-0.4, -0.2) is 49.6 Å². The number of aromatic nitrogens is 4. The van der Waals surface area contributed by atoms with E-state index in [1.165, 1.54) is 22.9 Å². The van der Waals surface area contributed by atoms with E-state index in [1.807, 2.05) is 0 Å². The highest BCUT2D eigenvalue weighted by atomic mass is 19.4. The van der Waals surface area contributed by atoms with Gasteiger partial charge in [0, 0.05) is 36.7 Å². The molecule has 1 N–H and O–H groups in total. The van der Waals surface area contributed by atoms with Crippen LogP contribution in [0.1, 0.15) is 73.7 Å². The average Bonchev–Trinajstić information content (AvgIpc) is 3.41. The molecule has 2 unspecified atom stereocenters. The summed E-state index contributed by atoms with van der Waals surface area (Å²) >= 11 is 0. The number of anilines is 2. The number of aliphatic carboxylic acids is 1. The van der Waals surface area contributed by atoms with Gasteiger partial charge in [-0.3, -0.25) is 9.59 Å². The number of nitrogens with zero attached hydrogens (tertiary/aromatic N) is 6. The van der Waals surface area contributed by atoms with E-state index in [4.69, 9.17) is 5.11 Å². The maximum Gasteiger partial charge on any atom is 0.573 e. The summed E-state index contributed by atoms with van der Waals surface area (Å²) in [5.41, 5.74) is -3.47. The maximum absolute atomic E-state index is 13.7. The first-order chi connectivity index (χ1) is 22.3. The first kappa shape index (κ1) is 36.3. The summed E-state index contributed by atoms with van der Waals surface area (Å²) in [6.45, 7) is 1.04. The van der Waals surface area contributed by atoms with Crippen LogP contribution in [0.3, 0.4) is 0 Å². The first-order valence-corrected chi connectivity index (χ1v) is 14.5. The Bertz CT molecular complexity index is 1590. The van der Waals surface area contributed by atoms with Gasteiger partial charge in [0.15, 0.2) is 0 Å². The molecule has 0 saturated carbocycles. The van der Waals surface area contributed by atoms with Crippen molar-refractivity contribution in [3.63, 3.8) is 0 Å². The lowest BCUT2D eigenvalue weighted by Crippen LogP contribution is -2.47. The van der Waals surface area contributed by atoms with Gasteiger partial charge in [0.25, 0.3) is 5.95 Å². The number of carbonyl (C=O) groups is 2. The monoisotopic (exact) mass is 696 g/mol. The van der Waals surface area contributed by atoms with Crippen LogP contribution in [0, 0.1) is 0 Å². The molecule has 3 aromatic rings. The van der Waals surface area contributed by atoms with Crippen molar-refractivity contribution in [2.24, 2.45) is 7.05 Å². The molecule has 48 heavy (non-hydrogen) atoms. The lowest BCUT2D eigenvalue weighted by molar-refractivity contribution is -0.274. The topological polar surface area (TPSA) is 114 Å². The van der Waals surface area contributed by atoms with E-state index >= 15 is 0 Å². The van der Waals surface area contributed by atoms with Crippen LogP contribution in [0.4, 0.5) is 51.1 Å². The molecule has 0 fully saturated rings. The molecule has 1 amide bonds. The Kier molecular flexibility index (Phi) is 10.5. The summed E-state index contributed by atoms with van der Waals surface area (Å²) in [5.74, 6) is -2.48. The number of unbranched alkanes of at least 4 members (excludes halogenated alkanes) is 1. The summed E-state index contributed by atoms with van der Waals surface area (Å²) in [6, 6.07) is 2.42. The van der Waals surface area contributed by atoms with Gasteiger partial charge < -0.3 is 19.6 Å². The van der Waals surface area contributed by atoms with Gasteiger partial charge in [-0.15, -0.1) is 18.3 Å². The number of halogens is 9. The molecular formula is C29H29F9N6O4. The summed E-state index contributed by atoms with van der Waals surface area (Å²) in [7, 11) is 1.35. The van der Waals surface area contributed by atoms with Crippen molar-refractivity contribution in [2.45, 2.75) is 82.8 Å². The molecule has 0 spiro atoms. The molecule has 262 valence electrons. The Labute approximate surface area is 267 Å². The Balaban J connectivity index is 1.86. The Morgan fingerprint density at radius 1 is 0.958 bits per heavy atom. The highest BCUT2D eigenvalue weighted by molar-refractivity contribution is 5.95. The van der Waals surface area contributed by atoms with Crippen LogP contribution < -0.4 is 14.5 Å². The predicted molar refractivity (Wildman–Crippen MR) is 150 cm³/mol. The molecule has 0 saturated heterocycles. The van der Waals surface area contributed by atoms with E-state index < -0.39 is 71.7 Å². The summed E-state index contributed by atoms with van der Waals surface area (Å²) in [6.07, 6.45) is -15.1. The van der Waals surface area contributed by atoms with Gasteiger partial charge in [-0.05, 0) is 72.9 Å². The molecule has 1 aliphatic rings. The third kappa shape index (κ3) is 8.85. The fourth-order valence-corrected chi connectivity index (χ4v) is 5.57. The van der Waals surface area contributed by atoms with Crippen LogP contribution >= 0.6 is 0 Å². The van der Waals surface area contributed by atoms with E-state index in [2.05, 4.69) is 20.1 Å². The zero-order valence-electron chi connectivity index (χ0n) is 25.3. The number of carboxylic acids is 1. The molecule has 2 atom stereocenters. The first-order valence-electron chi connectivity index (χ1n) is 14.5. The summed E-state index contributed by atoms with van der Waals surface area (Å²) < 4.78 is 126. The Morgan fingerprint density at radius 2 is 1.58 bits per heavy atom. The molecule has 4 rings (SSSR count).